The molecule has 108 valence electrons. The van der Waals surface area contributed by atoms with E-state index in [9.17, 15) is 8.42 Å². The van der Waals surface area contributed by atoms with Crippen molar-refractivity contribution >= 4 is 9.84 Å². The van der Waals surface area contributed by atoms with Gasteiger partial charge in [0.15, 0.2) is 0 Å². The molecule has 1 atom stereocenters. The third kappa shape index (κ3) is 4.86. The molecule has 1 fully saturated rings. The molecule has 1 aliphatic rings. The predicted octanol–water partition coefficient (Wildman–Crippen LogP) is 1.40. The van der Waals surface area contributed by atoms with Gasteiger partial charge in [-0.05, 0) is 52.6 Å². The Balaban J connectivity index is 2.45. The average Bonchev–Trinajstić information content (AvgIpc) is 2.28. The largest absolute Gasteiger partial charge is 0.326 e. The van der Waals surface area contributed by atoms with Crippen LogP contribution in [0.15, 0.2) is 0 Å². The van der Waals surface area contributed by atoms with Crippen molar-refractivity contribution in [2.45, 2.75) is 57.5 Å². The molecular formula is C13H28N2O2S. The van der Waals surface area contributed by atoms with Crippen LogP contribution in [0.2, 0.25) is 0 Å². The van der Waals surface area contributed by atoms with Crippen LogP contribution in [0.25, 0.3) is 0 Å². The van der Waals surface area contributed by atoms with Gasteiger partial charge in [0.25, 0.3) is 0 Å². The van der Waals surface area contributed by atoms with Crippen molar-refractivity contribution in [3.63, 3.8) is 0 Å². The van der Waals surface area contributed by atoms with Gasteiger partial charge in [0.2, 0.25) is 0 Å². The summed E-state index contributed by atoms with van der Waals surface area (Å²) in [6.07, 6.45) is 6.54. The molecule has 0 spiro atoms. The molecule has 0 bridgehead atoms. The van der Waals surface area contributed by atoms with Crippen molar-refractivity contribution in [2.75, 3.05) is 25.1 Å². The second-order valence-corrected chi connectivity index (χ2v) is 8.34. The summed E-state index contributed by atoms with van der Waals surface area (Å²) >= 11 is 0. The van der Waals surface area contributed by atoms with Crippen LogP contribution in [0, 0.1) is 0 Å². The molecule has 2 N–H and O–H groups in total. The first kappa shape index (κ1) is 15.9. The maximum absolute atomic E-state index is 11.1. The fourth-order valence-corrected chi connectivity index (χ4v) is 3.31. The van der Waals surface area contributed by atoms with E-state index in [1.54, 1.807) is 0 Å². The van der Waals surface area contributed by atoms with E-state index in [4.69, 9.17) is 5.73 Å². The van der Waals surface area contributed by atoms with E-state index in [1.165, 1.54) is 25.5 Å². The summed E-state index contributed by atoms with van der Waals surface area (Å²) in [6, 6.07) is 0.0392. The lowest BCUT2D eigenvalue weighted by Crippen LogP contribution is -2.57. The first-order valence-electron chi connectivity index (χ1n) is 6.92. The molecule has 1 saturated heterocycles. The summed E-state index contributed by atoms with van der Waals surface area (Å²) in [6.45, 7) is 6.60. The SMILES string of the molecule is CC(C)(C(N)CCCS(C)(=O)=O)N1CCCCC1. The van der Waals surface area contributed by atoms with E-state index in [-0.39, 0.29) is 17.3 Å². The monoisotopic (exact) mass is 276 g/mol. The molecule has 0 amide bonds. The first-order valence-corrected chi connectivity index (χ1v) is 8.98. The molecule has 0 aromatic heterocycles. The minimum absolute atomic E-state index is 0.0298. The summed E-state index contributed by atoms with van der Waals surface area (Å²) in [5, 5.41) is 0. The molecule has 5 heteroatoms. The molecule has 0 aliphatic carbocycles. The fraction of sp³-hybridized carbons (Fsp3) is 1.00. The highest BCUT2D eigenvalue weighted by molar-refractivity contribution is 7.90. The zero-order valence-electron chi connectivity index (χ0n) is 12.0. The van der Waals surface area contributed by atoms with Crippen LogP contribution in [-0.4, -0.2) is 50.0 Å². The number of piperidine rings is 1. The van der Waals surface area contributed by atoms with Crippen molar-refractivity contribution in [1.82, 2.24) is 4.90 Å². The van der Waals surface area contributed by atoms with Gasteiger partial charge in [-0.1, -0.05) is 6.42 Å². The maximum atomic E-state index is 11.1. The van der Waals surface area contributed by atoms with E-state index < -0.39 is 9.84 Å². The molecule has 1 aliphatic heterocycles. The normalized spacial score (nSPS) is 20.9. The van der Waals surface area contributed by atoms with Gasteiger partial charge in [0, 0.05) is 23.6 Å². The third-order valence-corrected chi connectivity index (χ3v) is 5.14. The van der Waals surface area contributed by atoms with Crippen LogP contribution in [0.1, 0.15) is 46.0 Å². The van der Waals surface area contributed by atoms with Gasteiger partial charge >= 0.3 is 0 Å². The van der Waals surface area contributed by atoms with Crippen LogP contribution in [-0.2, 0) is 9.84 Å². The van der Waals surface area contributed by atoms with Crippen LogP contribution in [0.5, 0.6) is 0 Å². The van der Waals surface area contributed by atoms with E-state index in [0.29, 0.717) is 6.42 Å². The lowest BCUT2D eigenvalue weighted by molar-refractivity contribution is 0.0704. The van der Waals surface area contributed by atoms with Gasteiger partial charge in [0.05, 0.1) is 0 Å². The molecule has 4 nitrogen and oxygen atoms in total. The lowest BCUT2D eigenvalue weighted by atomic mass is 9.88. The predicted molar refractivity (Wildman–Crippen MR) is 76.4 cm³/mol. The smallest absolute Gasteiger partial charge is 0.147 e. The summed E-state index contributed by atoms with van der Waals surface area (Å²) < 4.78 is 22.2. The maximum Gasteiger partial charge on any atom is 0.147 e. The molecule has 0 saturated carbocycles. The summed E-state index contributed by atoms with van der Waals surface area (Å²) in [4.78, 5) is 2.46. The van der Waals surface area contributed by atoms with Crippen molar-refractivity contribution < 1.29 is 8.42 Å². The van der Waals surface area contributed by atoms with E-state index >= 15 is 0 Å². The Morgan fingerprint density at radius 2 is 1.78 bits per heavy atom. The molecule has 1 rings (SSSR count). The number of nitrogens with zero attached hydrogens (tertiary/aromatic N) is 1. The molecule has 0 aromatic carbocycles. The number of likely N-dealkylation sites (tertiary alicyclic amines) is 1. The Kier molecular flexibility index (Phi) is 5.62. The van der Waals surface area contributed by atoms with Crippen molar-refractivity contribution in [1.29, 1.82) is 0 Å². The van der Waals surface area contributed by atoms with Gasteiger partial charge in [-0.2, -0.15) is 0 Å². The van der Waals surface area contributed by atoms with E-state index in [2.05, 4.69) is 18.7 Å². The van der Waals surface area contributed by atoms with Gasteiger partial charge < -0.3 is 5.73 Å². The molecular weight excluding hydrogens is 248 g/mol. The van der Waals surface area contributed by atoms with Crippen molar-refractivity contribution in [2.24, 2.45) is 5.73 Å². The zero-order valence-corrected chi connectivity index (χ0v) is 12.8. The van der Waals surface area contributed by atoms with Crippen LogP contribution < -0.4 is 5.73 Å². The van der Waals surface area contributed by atoms with Crippen LogP contribution in [0.3, 0.4) is 0 Å². The number of nitrogens with two attached hydrogens (primary N) is 1. The Morgan fingerprint density at radius 3 is 2.28 bits per heavy atom. The molecule has 1 heterocycles. The van der Waals surface area contributed by atoms with Crippen LogP contribution >= 0.6 is 0 Å². The highest BCUT2D eigenvalue weighted by Gasteiger charge is 2.33. The first-order chi connectivity index (χ1) is 8.23. The Hall–Kier alpha value is -0.130. The number of hydrogen-bond acceptors (Lipinski definition) is 4. The quantitative estimate of drug-likeness (QED) is 0.796. The van der Waals surface area contributed by atoms with Crippen molar-refractivity contribution in [3.05, 3.63) is 0 Å². The number of sulfone groups is 1. The molecule has 1 unspecified atom stereocenters. The lowest BCUT2D eigenvalue weighted by Gasteiger charge is -2.44. The Bertz CT molecular complexity index is 346. The summed E-state index contributed by atoms with van der Waals surface area (Å²) in [5.41, 5.74) is 6.25. The van der Waals surface area contributed by atoms with Gasteiger partial charge in [-0.15, -0.1) is 0 Å². The highest BCUT2D eigenvalue weighted by atomic mass is 32.2. The Labute approximate surface area is 112 Å². The topological polar surface area (TPSA) is 63.4 Å². The highest BCUT2D eigenvalue weighted by Crippen LogP contribution is 2.24. The second kappa shape index (κ2) is 6.35. The summed E-state index contributed by atoms with van der Waals surface area (Å²) in [7, 11) is -2.86. The van der Waals surface area contributed by atoms with E-state index in [0.717, 1.165) is 19.5 Å². The van der Waals surface area contributed by atoms with Gasteiger partial charge in [-0.25, -0.2) is 8.42 Å². The minimum Gasteiger partial charge on any atom is -0.326 e. The molecule has 0 aromatic rings. The number of hydrogen-bond donors (Lipinski definition) is 1. The fourth-order valence-electron chi connectivity index (χ4n) is 2.62. The molecule has 0 radical (unpaired) electrons. The van der Waals surface area contributed by atoms with Gasteiger partial charge in [-0.3, -0.25) is 4.90 Å². The third-order valence-electron chi connectivity index (χ3n) is 4.11. The average molecular weight is 276 g/mol. The number of rotatable bonds is 6. The van der Waals surface area contributed by atoms with Crippen LogP contribution in [0.4, 0.5) is 0 Å². The molecule has 18 heavy (non-hydrogen) atoms. The van der Waals surface area contributed by atoms with Gasteiger partial charge in [0.1, 0.15) is 9.84 Å². The second-order valence-electron chi connectivity index (χ2n) is 6.08. The minimum atomic E-state index is -2.86. The van der Waals surface area contributed by atoms with Crippen molar-refractivity contribution in [3.8, 4) is 0 Å². The zero-order chi connectivity index (χ0) is 13.8. The standard InChI is InChI=1S/C13H28N2O2S/c1-13(2,15-9-5-4-6-10-15)12(14)8-7-11-18(3,16)17/h12H,4-11,14H2,1-3H3. The summed E-state index contributed by atoms with van der Waals surface area (Å²) in [5.74, 6) is 0.247. The van der Waals surface area contributed by atoms with E-state index in [1.807, 2.05) is 0 Å². The Morgan fingerprint density at radius 1 is 1.22 bits per heavy atom.